The van der Waals surface area contributed by atoms with Crippen LogP contribution in [-0.4, -0.2) is 24.9 Å². The highest BCUT2D eigenvalue weighted by Gasteiger charge is 2.16. The van der Waals surface area contributed by atoms with Crippen molar-refractivity contribution < 1.29 is 8.42 Å². The Morgan fingerprint density at radius 2 is 1.88 bits per heavy atom. The van der Waals surface area contributed by atoms with Gasteiger partial charge in [-0.15, -0.1) is 0 Å². The van der Waals surface area contributed by atoms with Gasteiger partial charge in [0.25, 0.3) is 0 Å². The number of aromatic nitrogens is 2. The van der Waals surface area contributed by atoms with Crippen LogP contribution in [0, 0.1) is 20.8 Å². The average molecular weight is 343 g/mol. The minimum atomic E-state index is -3.49. The summed E-state index contributed by atoms with van der Waals surface area (Å²) in [6.45, 7) is 5.97. The zero-order valence-corrected chi connectivity index (χ0v) is 14.9. The van der Waals surface area contributed by atoms with Crippen LogP contribution in [0.1, 0.15) is 22.5 Å². The summed E-state index contributed by atoms with van der Waals surface area (Å²) >= 11 is 0. The monoisotopic (exact) mass is 343 g/mol. The number of imidazole rings is 1. The van der Waals surface area contributed by atoms with Gasteiger partial charge in [-0.05, 0) is 62.1 Å². The van der Waals surface area contributed by atoms with E-state index < -0.39 is 10.0 Å². The lowest BCUT2D eigenvalue weighted by atomic mass is 10.1. The van der Waals surface area contributed by atoms with Crippen LogP contribution in [0.4, 0.5) is 0 Å². The second kappa shape index (κ2) is 6.37. The van der Waals surface area contributed by atoms with Crippen LogP contribution in [0.25, 0.3) is 11.0 Å². The smallest absolute Gasteiger partial charge is 0.240 e. The Balaban J connectivity index is 1.71. The van der Waals surface area contributed by atoms with Crippen molar-refractivity contribution in [1.29, 1.82) is 0 Å². The second-order valence-electron chi connectivity index (χ2n) is 6.09. The largest absolute Gasteiger partial charge is 0.342 e. The Morgan fingerprint density at radius 3 is 2.67 bits per heavy atom. The van der Waals surface area contributed by atoms with Crippen LogP contribution >= 0.6 is 0 Å². The normalized spacial score (nSPS) is 12.0. The molecule has 2 N–H and O–H groups in total. The van der Waals surface area contributed by atoms with Crippen LogP contribution in [0.5, 0.6) is 0 Å². The molecule has 0 aliphatic carbocycles. The molecule has 0 radical (unpaired) electrons. The molecule has 0 bridgehead atoms. The van der Waals surface area contributed by atoms with E-state index in [4.69, 9.17) is 0 Å². The molecule has 0 atom stereocenters. The number of benzene rings is 2. The van der Waals surface area contributed by atoms with Crippen LogP contribution in [-0.2, 0) is 16.4 Å². The van der Waals surface area contributed by atoms with Crippen molar-refractivity contribution in [2.24, 2.45) is 0 Å². The van der Waals surface area contributed by atoms with E-state index in [-0.39, 0.29) is 0 Å². The summed E-state index contributed by atoms with van der Waals surface area (Å²) in [4.78, 5) is 7.91. The van der Waals surface area contributed by atoms with Crippen LogP contribution in [0.15, 0.2) is 41.3 Å². The topological polar surface area (TPSA) is 74.8 Å². The summed E-state index contributed by atoms with van der Waals surface area (Å²) < 4.78 is 27.7. The van der Waals surface area contributed by atoms with Gasteiger partial charge < -0.3 is 4.98 Å². The fourth-order valence-electron chi connectivity index (χ4n) is 2.74. The Morgan fingerprint density at radius 1 is 1.08 bits per heavy atom. The van der Waals surface area contributed by atoms with Gasteiger partial charge in [0.15, 0.2) is 0 Å². The van der Waals surface area contributed by atoms with E-state index in [1.807, 2.05) is 51.1 Å². The molecular formula is C18H21N3O2S. The molecule has 3 aromatic rings. The van der Waals surface area contributed by atoms with Gasteiger partial charge in [0.1, 0.15) is 5.82 Å². The Kier molecular flexibility index (Phi) is 4.43. The fourth-order valence-corrected chi connectivity index (χ4v) is 4.10. The molecule has 0 spiro atoms. The molecule has 3 rings (SSSR count). The standard InChI is InChI=1S/C18H21N3O2S/c1-12-4-5-13(2)18(10-12)24(22,23)19-9-8-15-6-7-16-17(11-15)21-14(3)20-16/h4-7,10-11,19H,8-9H2,1-3H3,(H,20,21). The number of nitrogens with one attached hydrogen (secondary N) is 2. The number of aromatic amines is 1. The number of aryl methyl sites for hydroxylation is 3. The molecular weight excluding hydrogens is 322 g/mol. The zero-order valence-electron chi connectivity index (χ0n) is 14.1. The average Bonchev–Trinajstić information content (AvgIpc) is 2.88. The molecule has 0 aliphatic rings. The van der Waals surface area contributed by atoms with Crippen LogP contribution < -0.4 is 4.72 Å². The first-order valence-corrected chi connectivity index (χ1v) is 9.36. The molecule has 5 nitrogen and oxygen atoms in total. The molecule has 1 aromatic heterocycles. The minimum absolute atomic E-state index is 0.349. The van der Waals surface area contributed by atoms with Gasteiger partial charge in [0, 0.05) is 6.54 Å². The molecule has 0 saturated carbocycles. The molecule has 0 saturated heterocycles. The highest BCUT2D eigenvalue weighted by atomic mass is 32.2. The van der Waals surface area contributed by atoms with Crippen LogP contribution in [0.3, 0.4) is 0 Å². The number of H-pyrrole nitrogens is 1. The van der Waals surface area contributed by atoms with Gasteiger partial charge in [0.05, 0.1) is 15.9 Å². The first-order chi connectivity index (χ1) is 11.3. The van der Waals surface area contributed by atoms with E-state index in [0.717, 1.165) is 33.5 Å². The first kappa shape index (κ1) is 16.7. The third-order valence-corrected chi connectivity index (χ3v) is 5.61. The summed E-state index contributed by atoms with van der Waals surface area (Å²) in [5.74, 6) is 0.873. The van der Waals surface area contributed by atoms with Crippen molar-refractivity contribution in [1.82, 2.24) is 14.7 Å². The molecule has 2 aromatic carbocycles. The summed E-state index contributed by atoms with van der Waals surface area (Å²) in [6.07, 6.45) is 0.623. The SMILES string of the molecule is Cc1ccc(C)c(S(=O)(=O)NCCc2ccc3nc(C)[nH]c3c2)c1. The fraction of sp³-hybridized carbons (Fsp3) is 0.278. The molecule has 0 fully saturated rings. The Bertz CT molecular complexity index is 991. The summed E-state index contributed by atoms with van der Waals surface area (Å²) in [5.41, 5.74) is 4.65. The van der Waals surface area contributed by atoms with E-state index in [2.05, 4.69) is 14.7 Å². The maximum atomic E-state index is 12.5. The van der Waals surface area contributed by atoms with Crippen LogP contribution in [0.2, 0.25) is 0 Å². The molecule has 0 aliphatic heterocycles. The van der Waals surface area contributed by atoms with Crippen molar-refractivity contribution >= 4 is 21.1 Å². The van der Waals surface area contributed by atoms with Gasteiger partial charge in [-0.2, -0.15) is 0 Å². The van der Waals surface area contributed by atoms with Gasteiger partial charge in [-0.25, -0.2) is 18.1 Å². The van der Waals surface area contributed by atoms with Gasteiger partial charge in [-0.3, -0.25) is 0 Å². The number of hydrogen-bond donors (Lipinski definition) is 2. The lowest BCUT2D eigenvalue weighted by molar-refractivity contribution is 0.581. The molecule has 6 heteroatoms. The Labute approximate surface area is 142 Å². The number of fused-ring (bicyclic) bond motifs is 1. The number of rotatable bonds is 5. The van der Waals surface area contributed by atoms with E-state index in [1.54, 1.807) is 6.07 Å². The lowest BCUT2D eigenvalue weighted by Gasteiger charge is -2.10. The zero-order chi connectivity index (χ0) is 17.3. The molecule has 24 heavy (non-hydrogen) atoms. The first-order valence-electron chi connectivity index (χ1n) is 7.87. The highest BCUT2D eigenvalue weighted by molar-refractivity contribution is 7.89. The number of sulfonamides is 1. The number of nitrogens with zero attached hydrogens (tertiary/aromatic N) is 1. The summed E-state index contributed by atoms with van der Waals surface area (Å²) in [5, 5.41) is 0. The van der Waals surface area contributed by atoms with E-state index in [9.17, 15) is 8.42 Å². The van der Waals surface area contributed by atoms with Crippen molar-refractivity contribution in [3.05, 3.63) is 58.9 Å². The van der Waals surface area contributed by atoms with Crippen molar-refractivity contribution in [3.8, 4) is 0 Å². The van der Waals surface area contributed by atoms with E-state index >= 15 is 0 Å². The third kappa shape index (κ3) is 3.49. The van der Waals surface area contributed by atoms with E-state index in [0.29, 0.717) is 17.9 Å². The van der Waals surface area contributed by atoms with Crippen molar-refractivity contribution in [2.75, 3.05) is 6.54 Å². The molecule has 126 valence electrons. The predicted molar refractivity (Wildman–Crippen MR) is 95.6 cm³/mol. The van der Waals surface area contributed by atoms with Gasteiger partial charge >= 0.3 is 0 Å². The third-order valence-electron chi connectivity index (χ3n) is 4.00. The van der Waals surface area contributed by atoms with Crippen molar-refractivity contribution in [3.63, 3.8) is 0 Å². The second-order valence-corrected chi connectivity index (χ2v) is 7.83. The summed E-state index contributed by atoms with van der Waals surface area (Å²) in [6, 6.07) is 11.4. The maximum Gasteiger partial charge on any atom is 0.240 e. The van der Waals surface area contributed by atoms with E-state index in [1.165, 1.54) is 0 Å². The molecule has 0 amide bonds. The Hall–Kier alpha value is -2.18. The summed E-state index contributed by atoms with van der Waals surface area (Å²) in [7, 11) is -3.49. The quantitative estimate of drug-likeness (QED) is 0.748. The number of hydrogen-bond acceptors (Lipinski definition) is 3. The predicted octanol–water partition coefficient (Wildman–Crippen LogP) is 3.01. The maximum absolute atomic E-state index is 12.5. The highest BCUT2D eigenvalue weighted by Crippen LogP contribution is 2.17. The molecule has 1 heterocycles. The van der Waals surface area contributed by atoms with Crippen molar-refractivity contribution in [2.45, 2.75) is 32.1 Å². The van der Waals surface area contributed by atoms with Gasteiger partial charge in [-0.1, -0.05) is 18.2 Å². The molecule has 0 unspecified atom stereocenters. The van der Waals surface area contributed by atoms with Gasteiger partial charge in [0.2, 0.25) is 10.0 Å². The minimum Gasteiger partial charge on any atom is -0.342 e. The lowest BCUT2D eigenvalue weighted by Crippen LogP contribution is -2.26.